The largest absolute Gasteiger partial charge is 0.495 e. The molecule has 1 fully saturated rings. The zero-order valence-electron chi connectivity index (χ0n) is 13.8. The van der Waals surface area contributed by atoms with Crippen LogP contribution in [0.5, 0.6) is 5.75 Å². The lowest BCUT2D eigenvalue weighted by molar-refractivity contribution is -0.132. The van der Waals surface area contributed by atoms with Crippen molar-refractivity contribution in [2.75, 3.05) is 25.5 Å². The van der Waals surface area contributed by atoms with Crippen molar-refractivity contribution in [3.8, 4) is 5.75 Å². The second-order valence-corrected chi connectivity index (χ2v) is 6.58. The molecule has 0 aliphatic carbocycles. The Morgan fingerprint density at radius 1 is 1.41 bits per heavy atom. The van der Waals surface area contributed by atoms with Gasteiger partial charge in [-0.15, -0.1) is 0 Å². The first-order valence-corrected chi connectivity index (χ1v) is 8.19. The Bertz CT molecular complexity index is 540. The lowest BCUT2D eigenvalue weighted by atomic mass is 9.99. The number of rotatable bonds is 4. The number of nitrogens with one attached hydrogen (secondary N) is 1. The van der Waals surface area contributed by atoms with Crippen LogP contribution in [0.1, 0.15) is 32.3 Å². The number of benzene rings is 1. The van der Waals surface area contributed by atoms with Gasteiger partial charge in [0.25, 0.3) is 0 Å². The molecule has 0 bridgehead atoms. The predicted molar refractivity (Wildman–Crippen MR) is 90.8 cm³/mol. The fraction of sp³-hybridized carbons (Fsp3) is 0.588. The Balaban J connectivity index is 2.06. The van der Waals surface area contributed by atoms with E-state index in [4.69, 9.17) is 16.3 Å². The zero-order valence-corrected chi connectivity index (χ0v) is 14.5. The van der Waals surface area contributed by atoms with Gasteiger partial charge in [-0.2, -0.15) is 0 Å². The molecular weight excluding hydrogens is 300 g/mol. The molecule has 1 aromatic carbocycles. The molecule has 2 rings (SSSR count). The molecule has 1 saturated heterocycles. The van der Waals surface area contributed by atoms with Crippen LogP contribution in [0, 0.1) is 12.8 Å². The first-order valence-electron chi connectivity index (χ1n) is 7.81. The predicted octanol–water partition coefficient (Wildman–Crippen LogP) is 3.72. The van der Waals surface area contributed by atoms with Gasteiger partial charge in [-0.1, -0.05) is 18.5 Å². The summed E-state index contributed by atoms with van der Waals surface area (Å²) < 4.78 is 5.35. The van der Waals surface area contributed by atoms with Crippen molar-refractivity contribution < 1.29 is 9.53 Å². The van der Waals surface area contributed by atoms with E-state index in [1.54, 1.807) is 13.2 Å². The van der Waals surface area contributed by atoms with Crippen LogP contribution in [0.4, 0.5) is 5.69 Å². The number of hydrogen-bond donors (Lipinski definition) is 1. The number of methoxy groups -OCH3 is 1. The van der Waals surface area contributed by atoms with Gasteiger partial charge in [0.15, 0.2) is 0 Å². The van der Waals surface area contributed by atoms with E-state index in [0.717, 1.165) is 37.2 Å². The number of aryl methyl sites for hydroxylation is 1. The van der Waals surface area contributed by atoms with Gasteiger partial charge < -0.3 is 15.0 Å². The van der Waals surface area contributed by atoms with E-state index in [1.165, 1.54) is 0 Å². The third kappa shape index (κ3) is 3.86. The van der Waals surface area contributed by atoms with E-state index in [-0.39, 0.29) is 11.9 Å². The molecule has 1 atom stereocenters. The molecule has 1 aliphatic heterocycles. The summed E-state index contributed by atoms with van der Waals surface area (Å²) in [6, 6.07) is 3.41. The average molecular weight is 325 g/mol. The summed E-state index contributed by atoms with van der Waals surface area (Å²) in [6.07, 6.45) is 2.17. The second kappa shape index (κ2) is 7.23. The van der Waals surface area contributed by atoms with Crippen LogP contribution in [0.15, 0.2) is 12.1 Å². The summed E-state index contributed by atoms with van der Waals surface area (Å²) in [6.45, 7) is 7.77. The van der Waals surface area contributed by atoms with E-state index in [2.05, 4.69) is 12.2 Å². The fourth-order valence-electron chi connectivity index (χ4n) is 2.74. The quantitative estimate of drug-likeness (QED) is 0.917. The molecule has 1 heterocycles. The van der Waals surface area contributed by atoms with Crippen LogP contribution < -0.4 is 10.1 Å². The molecule has 0 radical (unpaired) electrons. The van der Waals surface area contributed by atoms with Crippen LogP contribution in [-0.4, -0.2) is 37.0 Å². The number of carbonyl (C=O) groups is 1. The molecule has 1 N–H and O–H groups in total. The van der Waals surface area contributed by atoms with Crippen molar-refractivity contribution in [3.05, 3.63) is 22.7 Å². The van der Waals surface area contributed by atoms with Gasteiger partial charge in [-0.05, 0) is 44.2 Å². The van der Waals surface area contributed by atoms with Gasteiger partial charge in [0.05, 0.1) is 12.8 Å². The highest BCUT2D eigenvalue weighted by Crippen LogP contribution is 2.31. The van der Waals surface area contributed by atoms with Crippen molar-refractivity contribution in [1.29, 1.82) is 0 Å². The first-order chi connectivity index (χ1) is 10.4. The molecule has 122 valence electrons. The van der Waals surface area contributed by atoms with Gasteiger partial charge in [-0.25, -0.2) is 0 Å². The Kier molecular flexibility index (Phi) is 5.57. The molecule has 1 unspecified atom stereocenters. The van der Waals surface area contributed by atoms with Gasteiger partial charge in [0.1, 0.15) is 11.8 Å². The number of amides is 1. The minimum absolute atomic E-state index is 0.140. The number of anilines is 1. The summed E-state index contributed by atoms with van der Waals surface area (Å²) in [5.41, 5.74) is 1.76. The Morgan fingerprint density at radius 2 is 2.05 bits per heavy atom. The minimum atomic E-state index is -0.289. The molecule has 0 saturated carbocycles. The minimum Gasteiger partial charge on any atom is -0.495 e. The highest BCUT2D eigenvalue weighted by Gasteiger charge is 2.25. The topological polar surface area (TPSA) is 41.6 Å². The van der Waals surface area contributed by atoms with Gasteiger partial charge in [0.2, 0.25) is 5.91 Å². The third-order valence-corrected chi connectivity index (χ3v) is 4.73. The number of piperidine rings is 1. The number of halogens is 1. The lowest BCUT2D eigenvalue weighted by Gasteiger charge is -2.32. The van der Waals surface area contributed by atoms with E-state index in [1.807, 2.05) is 24.8 Å². The van der Waals surface area contributed by atoms with E-state index >= 15 is 0 Å². The summed E-state index contributed by atoms with van der Waals surface area (Å²) in [4.78, 5) is 14.5. The molecule has 1 amide bonds. The number of carbonyl (C=O) groups excluding carboxylic acids is 1. The normalized spacial score (nSPS) is 17.2. The van der Waals surface area contributed by atoms with Crippen LogP contribution in [0.3, 0.4) is 0 Å². The average Bonchev–Trinajstić information content (AvgIpc) is 2.50. The number of likely N-dealkylation sites (tertiary alicyclic amines) is 1. The maximum absolute atomic E-state index is 12.6. The highest BCUT2D eigenvalue weighted by atomic mass is 35.5. The molecule has 5 heteroatoms. The molecule has 1 aliphatic rings. The smallest absolute Gasteiger partial charge is 0.244 e. The lowest BCUT2D eigenvalue weighted by Crippen LogP contribution is -2.45. The third-order valence-electron chi connectivity index (χ3n) is 4.32. The Hall–Kier alpha value is -1.42. The summed E-state index contributed by atoms with van der Waals surface area (Å²) in [7, 11) is 1.60. The Labute approximate surface area is 137 Å². The number of ether oxygens (including phenoxy) is 1. The van der Waals surface area contributed by atoms with Crippen molar-refractivity contribution in [2.24, 2.45) is 5.92 Å². The molecule has 1 aromatic rings. The van der Waals surface area contributed by atoms with Crippen molar-refractivity contribution >= 4 is 23.2 Å². The Morgan fingerprint density at radius 3 is 2.64 bits per heavy atom. The van der Waals surface area contributed by atoms with Crippen molar-refractivity contribution in [3.63, 3.8) is 0 Å². The number of hydrogen-bond acceptors (Lipinski definition) is 3. The maximum atomic E-state index is 12.6. The van der Waals surface area contributed by atoms with Gasteiger partial charge >= 0.3 is 0 Å². The molecule has 22 heavy (non-hydrogen) atoms. The first kappa shape index (κ1) is 16.9. The van der Waals surface area contributed by atoms with Gasteiger partial charge in [-0.3, -0.25) is 4.79 Å². The van der Waals surface area contributed by atoms with Crippen LogP contribution in [0.25, 0.3) is 0 Å². The van der Waals surface area contributed by atoms with Crippen molar-refractivity contribution in [1.82, 2.24) is 4.90 Å². The monoisotopic (exact) mass is 324 g/mol. The highest BCUT2D eigenvalue weighted by molar-refractivity contribution is 6.31. The fourth-order valence-corrected chi connectivity index (χ4v) is 2.90. The van der Waals surface area contributed by atoms with Gasteiger partial charge in [0, 0.05) is 24.2 Å². The van der Waals surface area contributed by atoms with Crippen molar-refractivity contribution in [2.45, 2.75) is 39.7 Å². The maximum Gasteiger partial charge on any atom is 0.244 e. The molecule has 0 aromatic heterocycles. The summed E-state index contributed by atoms with van der Waals surface area (Å²) >= 11 is 6.12. The van der Waals surface area contributed by atoms with Crippen LogP contribution in [-0.2, 0) is 4.79 Å². The van der Waals surface area contributed by atoms with E-state index < -0.39 is 0 Å². The summed E-state index contributed by atoms with van der Waals surface area (Å²) in [5, 5.41) is 3.92. The number of nitrogens with zero attached hydrogens (tertiary/aromatic N) is 1. The van der Waals surface area contributed by atoms with Crippen LogP contribution >= 0.6 is 11.6 Å². The van der Waals surface area contributed by atoms with E-state index in [9.17, 15) is 4.79 Å². The SMILES string of the molecule is COc1cc(Cl)c(C)cc1NC(C)C(=O)N1CCC(C)CC1. The second-order valence-electron chi connectivity index (χ2n) is 6.18. The summed E-state index contributed by atoms with van der Waals surface area (Å²) in [5.74, 6) is 1.51. The molecule has 0 spiro atoms. The molecular formula is C17H25ClN2O2. The van der Waals surface area contributed by atoms with E-state index in [0.29, 0.717) is 16.7 Å². The molecule has 4 nitrogen and oxygen atoms in total. The van der Waals surface area contributed by atoms with Crippen LogP contribution in [0.2, 0.25) is 5.02 Å². The standard InChI is InChI=1S/C17H25ClN2O2/c1-11-5-7-20(8-6-11)17(21)13(3)19-15-9-12(2)14(18)10-16(15)22-4/h9-11,13,19H,5-8H2,1-4H3. The zero-order chi connectivity index (χ0) is 16.3.